The van der Waals surface area contributed by atoms with E-state index in [-0.39, 0.29) is 17.1 Å². The van der Waals surface area contributed by atoms with E-state index in [0.717, 1.165) is 11.8 Å². The Morgan fingerprint density at radius 2 is 1.50 bits per heavy atom. The van der Waals surface area contributed by atoms with Crippen LogP contribution in [0.25, 0.3) is 6.08 Å². The van der Waals surface area contributed by atoms with Crippen LogP contribution in [0.1, 0.15) is 5.56 Å². The Kier molecular flexibility index (Phi) is 10.1. The van der Waals surface area contributed by atoms with Crippen LogP contribution >= 0.6 is 0 Å². The number of carbonyl (C=O) groups excluding carboxylic acids is 1. The first-order valence-electron chi connectivity index (χ1n) is 3.77. The molecule has 0 heterocycles. The van der Waals surface area contributed by atoms with Crippen molar-refractivity contribution in [1.82, 2.24) is 0 Å². The number of carbonyl (C=O) groups is 1. The van der Waals surface area contributed by atoms with Gasteiger partial charge in [0, 0.05) is 10.4 Å². The maximum absolute atomic E-state index is 9.89. The van der Waals surface area contributed by atoms with Gasteiger partial charge in [-0.2, -0.15) is 0 Å². The smallest absolute Gasteiger partial charge is 0.759 e. The average Bonchev–Trinajstić information content (AvgIpc) is 2.14. The molecule has 16 heavy (non-hydrogen) atoms. The van der Waals surface area contributed by atoms with Gasteiger partial charge in [0.05, 0.1) is 0 Å². The summed E-state index contributed by atoms with van der Waals surface area (Å²) in [6.45, 7) is 0. The molecule has 0 N–H and O–H groups in total. The van der Waals surface area contributed by atoms with E-state index in [2.05, 4.69) is 0 Å². The minimum atomic E-state index is -5.17. The summed E-state index contributed by atoms with van der Waals surface area (Å²) in [6.07, 6.45) is 4.02. The van der Waals surface area contributed by atoms with Gasteiger partial charge < -0.3 is 9.11 Å². The van der Waals surface area contributed by atoms with E-state index in [1.165, 1.54) is 6.08 Å². The van der Waals surface area contributed by atoms with Gasteiger partial charge in [0.15, 0.2) is 0 Å². The predicted molar refractivity (Wildman–Crippen MR) is 52.0 cm³/mol. The molecule has 0 amide bonds. The Morgan fingerprint density at radius 3 is 1.88 bits per heavy atom. The molecule has 0 atom stereocenters. The second-order valence-corrected chi connectivity index (χ2v) is 3.13. The summed E-state index contributed by atoms with van der Waals surface area (Å²) in [6, 6.07) is 9.70. The van der Waals surface area contributed by atoms with Gasteiger partial charge >= 0.3 is 17.1 Å². The van der Waals surface area contributed by atoms with Crippen LogP contribution in [0.4, 0.5) is 0 Å². The summed E-state index contributed by atoms with van der Waals surface area (Å²) in [4.78, 5) is 9.89. The van der Waals surface area contributed by atoms with Crippen molar-refractivity contribution in [2.24, 2.45) is 0 Å². The summed E-state index contributed by atoms with van der Waals surface area (Å²) >= 11 is 0. The third kappa shape index (κ3) is 15.5. The quantitative estimate of drug-likeness (QED) is 0.261. The van der Waals surface area contributed by atoms with Gasteiger partial charge in [-0.05, 0) is 11.6 Å². The second-order valence-electron chi connectivity index (χ2n) is 2.31. The maximum atomic E-state index is 9.89. The van der Waals surface area contributed by atoms with E-state index >= 15 is 0 Å². The van der Waals surface area contributed by atoms with E-state index < -0.39 is 10.4 Å². The third-order valence-corrected chi connectivity index (χ3v) is 1.17. The minimum Gasteiger partial charge on any atom is -0.759 e. The third-order valence-electron chi connectivity index (χ3n) is 1.17. The molecule has 91 valence electrons. The molecular weight excluding hydrogens is 284 g/mol. The van der Waals surface area contributed by atoms with Gasteiger partial charge in [0.1, 0.15) is 6.29 Å². The molecule has 5 nitrogen and oxygen atoms in total. The molecule has 0 unspecified atom stereocenters. The van der Waals surface area contributed by atoms with Gasteiger partial charge in [-0.1, -0.05) is 36.4 Å². The molecule has 0 fully saturated rings. The molecule has 0 aliphatic rings. The fourth-order valence-corrected chi connectivity index (χ4v) is 0.715. The normalized spacial score (nSPS) is 9.88. The van der Waals surface area contributed by atoms with E-state index in [4.69, 9.17) is 17.5 Å². The number of rotatable bonds is 2. The number of aldehydes is 1. The molecule has 1 aromatic carbocycles. The van der Waals surface area contributed by atoms with E-state index in [1.54, 1.807) is 6.08 Å². The van der Waals surface area contributed by atoms with Crippen LogP contribution < -0.4 is 0 Å². The Morgan fingerprint density at radius 1 is 1.06 bits per heavy atom. The molecular formula is C9H8CuO5S. The fraction of sp³-hybridized carbons (Fsp3) is 0. The van der Waals surface area contributed by atoms with Crippen molar-refractivity contribution in [1.29, 1.82) is 0 Å². The number of hydrogen-bond donors (Lipinski definition) is 0. The van der Waals surface area contributed by atoms with E-state index in [1.807, 2.05) is 30.3 Å². The zero-order valence-corrected chi connectivity index (χ0v) is 9.63. The van der Waals surface area contributed by atoms with Gasteiger partial charge in [-0.25, -0.2) is 0 Å². The Hall–Kier alpha value is -0.981. The minimum absolute atomic E-state index is 0. The van der Waals surface area contributed by atoms with Crippen molar-refractivity contribution in [2.75, 3.05) is 0 Å². The molecule has 0 saturated heterocycles. The first-order chi connectivity index (χ1) is 6.93. The summed E-state index contributed by atoms with van der Waals surface area (Å²) < 4.78 is 34.1. The fourth-order valence-electron chi connectivity index (χ4n) is 0.715. The van der Waals surface area contributed by atoms with E-state index in [9.17, 15) is 4.79 Å². The molecule has 1 aromatic rings. The van der Waals surface area contributed by atoms with Crippen molar-refractivity contribution in [3.8, 4) is 0 Å². The van der Waals surface area contributed by atoms with Crippen LogP contribution in [-0.2, 0) is 32.3 Å². The topological polar surface area (TPSA) is 97.3 Å². The largest absolute Gasteiger partial charge is 2.00 e. The molecule has 0 aliphatic carbocycles. The first kappa shape index (κ1) is 17.4. The maximum Gasteiger partial charge on any atom is 2.00 e. The van der Waals surface area contributed by atoms with E-state index in [0.29, 0.717) is 0 Å². The van der Waals surface area contributed by atoms with Gasteiger partial charge in [-0.15, -0.1) is 0 Å². The SMILES string of the molecule is O=CC=Cc1ccccc1.O=S(=O)([O-])[O-].[Cu+2]. The monoisotopic (exact) mass is 291 g/mol. The predicted octanol–water partition coefficient (Wildman–Crippen LogP) is 0.558. The zero-order chi connectivity index (χ0) is 11.7. The summed E-state index contributed by atoms with van der Waals surface area (Å²) in [5.74, 6) is 0. The average molecular weight is 292 g/mol. The summed E-state index contributed by atoms with van der Waals surface area (Å²) in [5.41, 5.74) is 1.05. The Balaban J connectivity index is 0. The number of benzene rings is 1. The van der Waals surface area contributed by atoms with Crippen LogP contribution in [0, 0.1) is 0 Å². The molecule has 7 heteroatoms. The van der Waals surface area contributed by atoms with Gasteiger partial charge in [-0.3, -0.25) is 13.2 Å². The molecule has 1 rings (SSSR count). The van der Waals surface area contributed by atoms with Crippen molar-refractivity contribution in [3.63, 3.8) is 0 Å². The van der Waals surface area contributed by atoms with Crippen molar-refractivity contribution in [2.45, 2.75) is 0 Å². The summed E-state index contributed by atoms with van der Waals surface area (Å²) in [5, 5.41) is 0. The van der Waals surface area contributed by atoms with Crippen LogP contribution in [0.5, 0.6) is 0 Å². The Labute approximate surface area is 104 Å². The van der Waals surface area contributed by atoms with Crippen LogP contribution in [0.2, 0.25) is 0 Å². The van der Waals surface area contributed by atoms with Crippen LogP contribution in [-0.4, -0.2) is 23.8 Å². The van der Waals surface area contributed by atoms with Crippen LogP contribution in [0.3, 0.4) is 0 Å². The molecule has 0 spiro atoms. The van der Waals surface area contributed by atoms with Gasteiger partial charge in [0.2, 0.25) is 0 Å². The number of hydrogen-bond acceptors (Lipinski definition) is 5. The van der Waals surface area contributed by atoms with Gasteiger partial charge in [0.25, 0.3) is 0 Å². The number of allylic oxidation sites excluding steroid dienone is 1. The molecule has 0 bridgehead atoms. The molecule has 0 saturated carbocycles. The van der Waals surface area contributed by atoms with Crippen LogP contribution in [0.15, 0.2) is 36.4 Å². The summed E-state index contributed by atoms with van der Waals surface area (Å²) in [7, 11) is -5.17. The molecule has 0 aliphatic heterocycles. The Bertz CT molecular complexity index is 405. The standard InChI is InChI=1S/C9H8O.Cu.H2O4S/c10-8-4-7-9-5-2-1-3-6-9;;1-5(2,3)4/h1-8H;;(H2,1,2,3,4)/q;+2;/p-2. The first-order valence-corrected chi connectivity index (χ1v) is 5.10. The zero-order valence-electron chi connectivity index (χ0n) is 7.87. The molecule has 0 aromatic heterocycles. The van der Waals surface area contributed by atoms with Crippen molar-refractivity contribution in [3.05, 3.63) is 42.0 Å². The van der Waals surface area contributed by atoms with Crippen molar-refractivity contribution >= 4 is 22.8 Å². The molecule has 1 radical (unpaired) electrons. The van der Waals surface area contributed by atoms with Crippen molar-refractivity contribution < 1.29 is 39.4 Å². The second kappa shape index (κ2) is 9.26.